The summed E-state index contributed by atoms with van der Waals surface area (Å²) in [4.78, 5) is 17.4. The molecule has 6 nitrogen and oxygen atoms in total. The molecule has 0 saturated carbocycles. The van der Waals surface area contributed by atoms with Crippen LogP contribution >= 0.6 is 0 Å². The number of carbonyl (C=O) groups is 1. The number of hydrogen-bond donors (Lipinski definition) is 1. The standard InChI is InChI=1S/C22H22N2O4S/c1-4-29(26,27)17-7-5-6-15(10-17)16-11-19-14(2)13-24-22(19)20(12-16)18(8-9-23-22)21(25)28-3/h5-8,10-13,23H,4,9H2,1-3H3. The van der Waals surface area contributed by atoms with Crippen LogP contribution in [0, 0.1) is 0 Å². The summed E-state index contributed by atoms with van der Waals surface area (Å²) in [5.41, 5.74) is 3.90. The summed E-state index contributed by atoms with van der Waals surface area (Å²) in [6, 6.07) is 6.89. The maximum atomic E-state index is 12.4. The van der Waals surface area contributed by atoms with E-state index in [2.05, 4.69) is 10.3 Å². The van der Waals surface area contributed by atoms with Gasteiger partial charge in [-0.2, -0.15) is 0 Å². The van der Waals surface area contributed by atoms with Crippen molar-refractivity contribution in [1.82, 2.24) is 5.32 Å². The predicted octanol–water partition coefficient (Wildman–Crippen LogP) is 2.60. The Hall–Kier alpha value is -2.77. The number of nitrogens with one attached hydrogen (secondary N) is 1. The molecular formula is C22H22N2O4S. The second kappa shape index (κ2) is 6.93. The van der Waals surface area contributed by atoms with Gasteiger partial charge in [-0.15, -0.1) is 0 Å². The van der Waals surface area contributed by atoms with Crippen molar-refractivity contribution in [2.75, 3.05) is 19.4 Å². The quantitative estimate of drug-likeness (QED) is 0.772. The zero-order chi connectivity index (χ0) is 20.8. The first-order valence-electron chi connectivity index (χ1n) is 9.40. The number of carbonyl (C=O) groups excluding carboxylic acids is 1. The lowest BCUT2D eigenvalue weighted by atomic mass is 9.77. The molecule has 29 heavy (non-hydrogen) atoms. The van der Waals surface area contributed by atoms with Gasteiger partial charge < -0.3 is 4.74 Å². The number of allylic oxidation sites excluding steroid dienone is 3. The number of rotatable bonds is 4. The molecule has 4 rings (SSSR count). The van der Waals surface area contributed by atoms with Crippen LogP contribution in [0.1, 0.15) is 19.4 Å². The lowest BCUT2D eigenvalue weighted by molar-refractivity contribution is -0.135. The fourth-order valence-corrected chi connectivity index (χ4v) is 4.86. The molecule has 3 aliphatic rings. The monoisotopic (exact) mass is 410 g/mol. The molecule has 1 spiro atoms. The van der Waals surface area contributed by atoms with Gasteiger partial charge in [0, 0.05) is 23.9 Å². The molecule has 0 saturated heterocycles. The normalized spacial score (nSPS) is 23.1. The van der Waals surface area contributed by atoms with Crippen LogP contribution in [-0.2, 0) is 19.4 Å². The van der Waals surface area contributed by atoms with Gasteiger partial charge in [0.25, 0.3) is 0 Å². The van der Waals surface area contributed by atoms with Crippen LogP contribution in [-0.4, -0.2) is 45.7 Å². The van der Waals surface area contributed by atoms with Gasteiger partial charge in [0.2, 0.25) is 0 Å². The molecule has 0 fully saturated rings. The number of aliphatic imine (C=N–C) groups is 1. The summed E-state index contributed by atoms with van der Waals surface area (Å²) in [6.07, 6.45) is 7.50. The Morgan fingerprint density at radius 1 is 1.31 bits per heavy atom. The van der Waals surface area contributed by atoms with Crippen molar-refractivity contribution < 1.29 is 17.9 Å². The van der Waals surface area contributed by atoms with Gasteiger partial charge in [-0.05, 0) is 47.9 Å². The van der Waals surface area contributed by atoms with Gasteiger partial charge in [0.05, 0.1) is 23.3 Å². The van der Waals surface area contributed by atoms with Crippen LogP contribution in [0.4, 0.5) is 0 Å². The number of nitrogens with zero attached hydrogens (tertiary/aromatic N) is 1. The van der Waals surface area contributed by atoms with Gasteiger partial charge in [0.1, 0.15) is 0 Å². The second-order valence-corrected chi connectivity index (χ2v) is 9.42. The summed E-state index contributed by atoms with van der Waals surface area (Å²) < 4.78 is 29.7. The van der Waals surface area contributed by atoms with Crippen LogP contribution in [0.2, 0.25) is 0 Å². The molecule has 1 aromatic carbocycles. The molecule has 0 radical (unpaired) electrons. The number of sulfone groups is 1. The van der Waals surface area contributed by atoms with Crippen LogP contribution in [0.15, 0.2) is 74.7 Å². The van der Waals surface area contributed by atoms with Crippen molar-refractivity contribution in [3.05, 3.63) is 70.3 Å². The summed E-state index contributed by atoms with van der Waals surface area (Å²) in [6.45, 7) is 4.09. The van der Waals surface area contributed by atoms with E-state index < -0.39 is 21.5 Å². The van der Waals surface area contributed by atoms with Crippen LogP contribution in [0.5, 0.6) is 0 Å². The number of hydrogen-bond acceptors (Lipinski definition) is 6. The molecule has 1 N–H and O–H groups in total. The van der Waals surface area contributed by atoms with E-state index in [1.807, 2.05) is 25.1 Å². The van der Waals surface area contributed by atoms with Crippen molar-refractivity contribution in [3.63, 3.8) is 0 Å². The Labute approximate surface area is 170 Å². The summed E-state index contributed by atoms with van der Waals surface area (Å²) >= 11 is 0. The topological polar surface area (TPSA) is 84.8 Å². The van der Waals surface area contributed by atoms with Crippen LogP contribution in [0.25, 0.3) is 5.57 Å². The maximum Gasteiger partial charge on any atom is 0.338 e. The van der Waals surface area contributed by atoms with Gasteiger partial charge in [-0.1, -0.05) is 25.1 Å². The first-order chi connectivity index (χ1) is 13.8. The molecule has 0 amide bonds. The highest BCUT2D eigenvalue weighted by Gasteiger charge is 2.46. The lowest BCUT2D eigenvalue weighted by Gasteiger charge is -2.39. The average molecular weight is 410 g/mol. The van der Waals surface area contributed by atoms with Crippen molar-refractivity contribution in [3.8, 4) is 0 Å². The molecule has 1 aromatic rings. The highest BCUT2D eigenvalue weighted by Crippen LogP contribution is 2.45. The number of methoxy groups -OCH3 is 1. The van der Waals surface area contributed by atoms with Gasteiger partial charge in [-0.3, -0.25) is 10.3 Å². The molecule has 1 aliphatic carbocycles. The molecular weight excluding hydrogens is 388 g/mol. The van der Waals surface area contributed by atoms with E-state index in [1.54, 1.807) is 37.4 Å². The third-order valence-corrected chi connectivity index (χ3v) is 7.25. The number of esters is 1. The van der Waals surface area contributed by atoms with Gasteiger partial charge >= 0.3 is 5.97 Å². The Kier molecular flexibility index (Phi) is 4.67. The van der Waals surface area contributed by atoms with E-state index in [-0.39, 0.29) is 10.6 Å². The summed E-state index contributed by atoms with van der Waals surface area (Å²) in [5, 5.41) is 3.40. The van der Waals surface area contributed by atoms with E-state index in [9.17, 15) is 13.2 Å². The van der Waals surface area contributed by atoms with Crippen LogP contribution in [0.3, 0.4) is 0 Å². The van der Waals surface area contributed by atoms with E-state index in [1.165, 1.54) is 7.11 Å². The predicted molar refractivity (Wildman–Crippen MR) is 112 cm³/mol. The smallest absolute Gasteiger partial charge is 0.338 e. The minimum atomic E-state index is -3.32. The zero-order valence-corrected chi connectivity index (χ0v) is 17.3. The Balaban J connectivity index is 1.90. The van der Waals surface area contributed by atoms with Crippen molar-refractivity contribution in [2.24, 2.45) is 4.99 Å². The minimum absolute atomic E-state index is 0.0386. The third kappa shape index (κ3) is 3.01. The largest absolute Gasteiger partial charge is 0.465 e. The Morgan fingerprint density at radius 3 is 2.83 bits per heavy atom. The van der Waals surface area contributed by atoms with Crippen molar-refractivity contribution >= 4 is 27.6 Å². The van der Waals surface area contributed by atoms with E-state index in [0.717, 1.165) is 22.3 Å². The van der Waals surface area contributed by atoms with Gasteiger partial charge in [-0.25, -0.2) is 13.2 Å². The fraction of sp³-hybridized carbons (Fsp3) is 0.273. The molecule has 0 aromatic heterocycles. The minimum Gasteiger partial charge on any atom is -0.465 e. The lowest BCUT2D eigenvalue weighted by Crippen LogP contribution is -2.50. The molecule has 2 heterocycles. The highest BCUT2D eigenvalue weighted by atomic mass is 32.2. The molecule has 7 heteroatoms. The average Bonchev–Trinajstić information content (AvgIpc) is 3.07. The first kappa shape index (κ1) is 19.5. The van der Waals surface area contributed by atoms with Crippen molar-refractivity contribution in [1.29, 1.82) is 0 Å². The van der Waals surface area contributed by atoms with E-state index in [0.29, 0.717) is 17.7 Å². The molecule has 2 aliphatic heterocycles. The first-order valence-corrected chi connectivity index (χ1v) is 11.0. The molecule has 150 valence electrons. The van der Waals surface area contributed by atoms with E-state index in [4.69, 9.17) is 4.74 Å². The Bertz CT molecular complexity index is 1170. The van der Waals surface area contributed by atoms with Gasteiger partial charge in [0.15, 0.2) is 15.5 Å². The van der Waals surface area contributed by atoms with E-state index >= 15 is 0 Å². The molecule has 1 atom stereocenters. The molecule has 1 unspecified atom stereocenters. The zero-order valence-electron chi connectivity index (χ0n) is 16.5. The number of ether oxygens (including phenoxy) is 1. The third-order valence-electron chi connectivity index (χ3n) is 5.52. The molecule has 0 bridgehead atoms. The van der Waals surface area contributed by atoms with Crippen LogP contribution < -0.4 is 5.32 Å². The second-order valence-electron chi connectivity index (χ2n) is 7.14. The summed E-state index contributed by atoms with van der Waals surface area (Å²) in [5.74, 6) is -0.378. The SMILES string of the molecule is CCS(=O)(=O)c1cccc(C2=CC3=C(C)C=NC34NCC=C(C(=O)OC)C4=C2)c1. The Morgan fingerprint density at radius 2 is 2.10 bits per heavy atom. The fourth-order valence-electron chi connectivity index (χ4n) is 3.93. The van der Waals surface area contributed by atoms with Crippen molar-refractivity contribution in [2.45, 2.75) is 24.4 Å². The highest BCUT2D eigenvalue weighted by molar-refractivity contribution is 7.91. The maximum absolute atomic E-state index is 12.4. The number of benzene rings is 1. The summed E-state index contributed by atoms with van der Waals surface area (Å²) in [7, 11) is -1.96.